The Morgan fingerprint density at radius 1 is 1.04 bits per heavy atom. The first-order chi connectivity index (χ1) is 13.4. The van der Waals surface area contributed by atoms with Crippen molar-refractivity contribution in [3.05, 3.63) is 41.8 Å². The average molecular weight is 385 g/mol. The molecule has 2 aromatic heterocycles. The van der Waals surface area contributed by atoms with Crippen LogP contribution in [0.15, 0.2) is 46.2 Å². The lowest BCUT2D eigenvalue weighted by molar-refractivity contribution is 0.0373. The number of rotatable bonds is 8. The van der Waals surface area contributed by atoms with Gasteiger partial charge in [0.2, 0.25) is 0 Å². The van der Waals surface area contributed by atoms with Crippen LogP contribution >= 0.6 is 11.3 Å². The highest BCUT2D eigenvalue weighted by atomic mass is 32.1. The van der Waals surface area contributed by atoms with Crippen LogP contribution in [0.4, 0.5) is 6.01 Å². The molecule has 0 bridgehead atoms. The Bertz CT molecular complexity index is 827. The lowest BCUT2D eigenvalue weighted by Gasteiger charge is -2.26. The number of nitrogens with one attached hydrogen (secondary N) is 1. The number of unbranched alkanes of at least 4 members (excludes halogenated alkanes) is 1. The van der Waals surface area contributed by atoms with E-state index in [-0.39, 0.29) is 0 Å². The average Bonchev–Trinajstić information content (AvgIpc) is 3.38. The first kappa shape index (κ1) is 18.2. The predicted molar refractivity (Wildman–Crippen MR) is 108 cm³/mol. The summed E-state index contributed by atoms with van der Waals surface area (Å²) in [5.41, 5.74) is 2.28. The highest BCUT2D eigenvalue weighted by Gasteiger charge is 2.15. The SMILES string of the molecule is c1ccc(-c2ccsc2-c2nnc(NCCCCN3CCOCC3)o2)cc1. The Labute approximate surface area is 163 Å². The fourth-order valence-corrected chi connectivity index (χ4v) is 4.02. The normalized spacial score (nSPS) is 15.1. The van der Waals surface area contributed by atoms with Crippen LogP contribution < -0.4 is 5.32 Å². The first-order valence-corrected chi connectivity index (χ1v) is 10.3. The van der Waals surface area contributed by atoms with Gasteiger partial charge in [-0.2, -0.15) is 0 Å². The van der Waals surface area contributed by atoms with E-state index in [1.807, 2.05) is 18.2 Å². The Morgan fingerprint density at radius 3 is 2.74 bits per heavy atom. The highest BCUT2D eigenvalue weighted by molar-refractivity contribution is 7.14. The van der Waals surface area contributed by atoms with Gasteiger partial charge in [0.05, 0.1) is 18.1 Å². The van der Waals surface area contributed by atoms with E-state index in [1.54, 1.807) is 11.3 Å². The summed E-state index contributed by atoms with van der Waals surface area (Å²) in [4.78, 5) is 3.46. The van der Waals surface area contributed by atoms with E-state index in [2.05, 4.69) is 44.0 Å². The third-order valence-corrected chi connectivity index (χ3v) is 5.55. The molecule has 1 saturated heterocycles. The second-order valence-corrected chi connectivity index (χ2v) is 7.45. The lowest BCUT2D eigenvalue weighted by Crippen LogP contribution is -2.36. The molecule has 0 atom stereocenters. The van der Waals surface area contributed by atoms with Gasteiger partial charge in [0.1, 0.15) is 0 Å². The number of hydrogen-bond donors (Lipinski definition) is 1. The Kier molecular flexibility index (Phi) is 6.13. The van der Waals surface area contributed by atoms with Gasteiger partial charge >= 0.3 is 6.01 Å². The van der Waals surface area contributed by atoms with Crippen LogP contribution in [0.1, 0.15) is 12.8 Å². The molecule has 1 aliphatic heterocycles. The van der Waals surface area contributed by atoms with E-state index in [4.69, 9.17) is 9.15 Å². The molecule has 6 nitrogen and oxygen atoms in total. The molecule has 0 radical (unpaired) electrons. The third kappa shape index (κ3) is 4.74. The van der Waals surface area contributed by atoms with Gasteiger partial charge in [-0.05, 0) is 36.4 Å². The van der Waals surface area contributed by atoms with Crippen molar-refractivity contribution in [1.82, 2.24) is 15.1 Å². The summed E-state index contributed by atoms with van der Waals surface area (Å²) in [7, 11) is 0. The van der Waals surface area contributed by atoms with Crippen molar-refractivity contribution in [2.24, 2.45) is 0 Å². The van der Waals surface area contributed by atoms with Crippen molar-refractivity contribution in [2.45, 2.75) is 12.8 Å². The molecule has 3 aromatic rings. The van der Waals surface area contributed by atoms with Gasteiger partial charge in [0, 0.05) is 25.2 Å². The number of nitrogens with zero attached hydrogens (tertiary/aromatic N) is 3. The number of ether oxygens (including phenoxy) is 1. The molecule has 1 aliphatic rings. The molecule has 3 heterocycles. The number of benzene rings is 1. The summed E-state index contributed by atoms with van der Waals surface area (Å²) in [6.45, 7) is 5.77. The van der Waals surface area contributed by atoms with E-state index in [1.165, 1.54) is 0 Å². The maximum Gasteiger partial charge on any atom is 0.315 e. The molecule has 4 rings (SSSR count). The van der Waals surface area contributed by atoms with Crippen molar-refractivity contribution in [3.63, 3.8) is 0 Å². The monoisotopic (exact) mass is 384 g/mol. The fourth-order valence-electron chi connectivity index (χ4n) is 3.19. The lowest BCUT2D eigenvalue weighted by atomic mass is 10.1. The Balaban J connectivity index is 1.29. The van der Waals surface area contributed by atoms with Crippen molar-refractivity contribution in [3.8, 4) is 21.9 Å². The standard InChI is InChI=1S/C20H24N4O2S/c1-2-6-16(7-3-1)17-8-15-27-18(17)19-22-23-20(26-19)21-9-4-5-10-24-11-13-25-14-12-24/h1-3,6-8,15H,4-5,9-14H2,(H,21,23). The Morgan fingerprint density at radius 2 is 1.89 bits per heavy atom. The molecule has 1 fully saturated rings. The van der Waals surface area contributed by atoms with E-state index in [0.717, 1.165) is 68.2 Å². The van der Waals surface area contributed by atoms with Crippen LogP contribution in [0, 0.1) is 0 Å². The first-order valence-electron chi connectivity index (χ1n) is 9.41. The smallest absolute Gasteiger partial charge is 0.315 e. The fraction of sp³-hybridized carbons (Fsp3) is 0.400. The van der Waals surface area contributed by atoms with E-state index in [0.29, 0.717) is 11.9 Å². The highest BCUT2D eigenvalue weighted by Crippen LogP contribution is 2.36. The molecule has 0 aliphatic carbocycles. The van der Waals surface area contributed by atoms with Crippen molar-refractivity contribution in [1.29, 1.82) is 0 Å². The minimum Gasteiger partial charge on any atom is -0.402 e. The van der Waals surface area contributed by atoms with Crippen molar-refractivity contribution < 1.29 is 9.15 Å². The van der Waals surface area contributed by atoms with Gasteiger partial charge in [0.15, 0.2) is 0 Å². The minimum atomic E-state index is 0.490. The predicted octanol–water partition coefficient (Wildman–Crippen LogP) is 3.99. The zero-order valence-electron chi connectivity index (χ0n) is 15.3. The topological polar surface area (TPSA) is 63.4 Å². The summed E-state index contributed by atoms with van der Waals surface area (Å²) in [6, 6.07) is 12.9. The van der Waals surface area contributed by atoms with E-state index in [9.17, 15) is 0 Å². The van der Waals surface area contributed by atoms with Crippen LogP contribution in [0.5, 0.6) is 0 Å². The molecule has 0 unspecified atom stereocenters. The quantitative estimate of drug-likeness (QED) is 0.593. The zero-order chi connectivity index (χ0) is 18.3. The summed E-state index contributed by atoms with van der Waals surface area (Å²) < 4.78 is 11.2. The van der Waals surface area contributed by atoms with Gasteiger partial charge in [-0.1, -0.05) is 35.4 Å². The molecular formula is C20H24N4O2S. The van der Waals surface area contributed by atoms with Crippen LogP contribution in [-0.4, -0.2) is 54.5 Å². The molecule has 0 amide bonds. The second kappa shape index (κ2) is 9.12. The van der Waals surface area contributed by atoms with Gasteiger partial charge in [0.25, 0.3) is 5.89 Å². The van der Waals surface area contributed by atoms with Gasteiger partial charge in [-0.15, -0.1) is 16.4 Å². The number of thiophene rings is 1. The molecule has 142 valence electrons. The van der Waals surface area contributed by atoms with Crippen LogP contribution in [-0.2, 0) is 4.74 Å². The summed E-state index contributed by atoms with van der Waals surface area (Å²) in [5, 5.41) is 13.7. The van der Waals surface area contributed by atoms with Crippen molar-refractivity contribution >= 4 is 17.4 Å². The number of hydrogen-bond acceptors (Lipinski definition) is 7. The molecule has 7 heteroatoms. The molecular weight excluding hydrogens is 360 g/mol. The zero-order valence-corrected chi connectivity index (χ0v) is 16.1. The van der Waals surface area contributed by atoms with E-state index >= 15 is 0 Å². The van der Waals surface area contributed by atoms with Crippen molar-refractivity contribution in [2.75, 3.05) is 44.7 Å². The number of anilines is 1. The molecule has 0 spiro atoms. The maximum atomic E-state index is 5.84. The number of aromatic nitrogens is 2. The summed E-state index contributed by atoms with van der Waals surface area (Å²) >= 11 is 1.62. The molecule has 1 N–H and O–H groups in total. The van der Waals surface area contributed by atoms with Gasteiger partial charge in [-0.25, -0.2) is 0 Å². The van der Waals surface area contributed by atoms with Crippen LogP contribution in [0.25, 0.3) is 21.9 Å². The largest absolute Gasteiger partial charge is 0.402 e. The van der Waals surface area contributed by atoms with Crippen LogP contribution in [0.3, 0.4) is 0 Å². The molecule has 0 saturated carbocycles. The third-order valence-electron chi connectivity index (χ3n) is 4.65. The molecule has 1 aromatic carbocycles. The molecule has 27 heavy (non-hydrogen) atoms. The van der Waals surface area contributed by atoms with Gasteiger partial charge < -0.3 is 14.5 Å². The Hall–Kier alpha value is -2.22. The minimum absolute atomic E-state index is 0.490. The number of morpholine rings is 1. The maximum absolute atomic E-state index is 5.84. The summed E-state index contributed by atoms with van der Waals surface area (Å²) in [5.74, 6) is 0.569. The van der Waals surface area contributed by atoms with Gasteiger partial charge in [-0.3, -0.25) is 4.90 Å². The second-order valence-electron chi connectivity index (χ2n) is 6.53. The van der Waals surface area contributed by atoms with E-state index < -0.39 is 0 Å². The van der Waals surface area contributed by atoms with Crippen LogP contribution in [0.2, 0.25) is 0 Å². The summed E-state index contributed by atoms with van der Waals surface area (Å²) in [6.07, 6.45) is 2.22.